The summed E-state index contributed by atoms with van der Waals surface area (Å²) in [5.74, 6) is 1.13. The summed E-state index contributed by atoms with van der Waals surface area (Å²) in [6.45, 7) is 5.47. The molecule has 0 atom stereocenters. The van der Waals surface area contributed by atoms with Crippen LogP contribution in [0.15, 0.2) is 54.2 Å². The maximum atomic E-state index is 14.9. The molecule has 0 unspecified atom stereocenters. The third-order valence-electron chi connectivity index (χ3n) is 6.12. The Hall–Kier alpha value is -3.32. The van der Waals surface area contributed by atoms with E-state index in [2.05, 4.69) is 29.0 Å². The molecule has 4 aromatic rings. The molecule has 9 heteroatoms. The van der Waals surface area contributed by atoms with Gasteiger partial charge < -0.3 is 19.5 Å². The van der Waals surface area contributed by atoms with Crippen LogP contribution in [0.3, 0.4) is 0 Å². The van der Waals surface area contributed by atoms with Gasteiger partial charge in [0.1, 0.15) is 11.3 Å². The molecule has 7 nitrogen and oxygen atoms in total. The summed E-state index contributed by atoms with van der Waals surface area (Å²) in [5, 5.41) is 1.71. The number of aryl methyl sites for hydroxylation is 3. The minimum absolute atomic E-state index is 0.0632. The number of ether oxygens (including phenoxy) is 1. The van der Waals surface area contributed by atoms with E-state index >= 15 is 0 Å². The molecule has 2 aromatic heterocycles. The summed E-state index contributed by atoms with van der Waals surface area (Å²) < 4.78 is 43.1. The van der Waals surface area contributed by atoms with Gasteiger partial charge >= 0.3 is 7.60 Å². The Bertz CT molecular complexity index is 1510. The molecule has 0 amide bonds. The Kier molecular flexibility index (Phi) is 8.22. The molecule has 2 heterocycles. The topological polar surface area (TPSA) is 96.6 Å². The van der Waals surface area contributed by atoms with Crippen molar-refractivity contribution in [3.63, 3.8) is 0 Å². The molecule has 0 aliphatic heterocycles. The monoisotopic (exact) mass is 523 g/mol. The van der Waals surface area contributed by atoms with Crippen LogP contribution in [0.25, 0.3) is 27.9 Å². The quantitative estimate of drug-likeness (QED) is 0.177. The highest BCUT2D eigenvalue weighted by atomic mass is 31.2. The van der Waals surface area contributed by atoms with E-state index in [9.17, 15) is 8.96 Å². The normalized spacial score (nSPS) is 12.4. The Morgan fingerprint density at radius 1 is 1.05 bits per heavy atom. The largest absolute Gasteiger partial charge is 0.497 e. The number of methoxy groups -OCH3 is 1. The number of aromatic nitrogens is 2. The third-order valence-corrected chi connectivity index (χ3v) is 7.97. The summed E-state index contributed by atoms with van der Waals surface area (Å²) in [6, 6.07) is 13.4. The van der Waals surface area contributed by atoms with Crippen LogP contribution in [0.5, 0.6) is 5.75 Å². The third kappa shape index (κ3) is 5.82. The van der Waals surface area contributed by atoms with Crippen molar-refractivity contribution >= 4 is 41.3 Å². The van der Waals surface area contributed by atoms with E-state index in [1.807, 2.05) is 24.4 Å². The average Bonchev–Trinajstić information content (AvgIpc) is 2.88. The van der Waals surface area contributed by atoms with Crippen LogP contribution < -0.4 is 10.5 Å². The van der Waals surface area contributed by atoms with Crippen LogP contribution in [0.2, 0.25) is 0 Å². The maximum absolute atomic E-state index is 14.9. The average molecular weight is 524 g/mol. The standard InChI is InChI=1S/C28H31FN3O4P/c1-5-35-37(33,36-6-2)26(29)16-19-8-12-23-24-14-20(17-31-27(24)28(30)32-25(23)15-19)7-9-21-10-11-22(34-4)13-18(21)3/h8,10-17H,5-7,9H2,1-4H3,(H2,30,32)/b26-16+. The van der Waals surface area contributed by atoms with Gasteiger partial charge in [-0.1, -0.05) is 18.2 Å². The van der Waals surface area contributed by atoms with E-state index in [0.29, 0.717) is 16.6 Å². The fourth-order valence-corrected chi connectivity index (χ4v) is 5.58. The number of benzene rings is 2. The fourth-order valence-electron chi connectivity index (χ4n) is 4.27. The van der Waals surface area contributed by atoms with Crippen LogP contribution in [0.4, 0.5) is 10.2 Å². The molecule has 0 saturated heterocycles. The molecular formula is C28H31FN3O4P. The van der Waals surface area contributed by atoms with E-state index in [1.165, 1.54) is 11.1 Å². The number of hydrogen-bond acceptors (Lipinski definition) is 7. The first-order valence-corrected chi connectivity index (χ1v) is 13.7. The summed E-state index contributed by atoms with van der Waals surface area (Å²) in [6.07, 6.45) is 4.64. The molecular weight excluding hydrogens is 492 g/mol. The highest BCUT2D eigenvalue weighted by Gasteiger charge is 2.30. The Morgan fingerprint density at radius 2 is 1.81 bits per heavy atom. The molecule has 0 spiro atoms. The minimum Gasteiger partial charge on any atom is -0.497 e. The van der Waals surface area contributed by atoms with Crippen molar-refractivity contribution in [1.29, 1.82) is 0 Å². The molecule has 2 aromatic carbocycles. The highest BCUT2D eigenvalue weighted by Crippen LogP contribution is 2.57. The summed E-state index contributed by atoms with van der Waals surface area (Å²) in [5.41, 5.74) is 10.4. The summed E-state index contributed by atoms with van der Waals surface area (Å²) in [7, 11) is -2.34. The SMILES string of the molecule is CCOP(=O)(OCC)/C(F)=C/c1ccc2c(c1)nc(N)c1ncc(CCc3ccc(OC)cc3C)cc12. The first-order chi connectivity index (χ1) is 17.8. The second-order valence-corrected chi connectivity index (χ2v) is 10.5. The molecule has 2 N–H and O–H groups in total. The summed E-state index contributed by atoms with van der Waals surface area (Å²) >= 11 is 0. The van der Waals surface area contributed by atoms with Gasteiger partial charge in [0.25, 0.3) is 0 Å². The van der Waals surface area contributed by atoms with Gasteiger partial charge in [0.2, 0.25) is 5.57 Å². The zero-order valence-electron chi connectivity index (χ0n) is 21.5. The van der Waals surface area contributed by atoms with Crippen LogP contribution in [0, 0.1) is 6.92 Å². The predicted octanol–water partition coefficient (Wildman–Crippen LogP) is 7.00. The van der Waals surface area contributed by atoms with Crippen LogP contribution in [-0.4, -0.2) is 30.3 Å². The predicted molar refractivity (Wildman–Crippen MR) is 147 cm³/mol. The van der Waals surface area contributed by atoms with E-state index in [-0.39, 0.29) is 19.0 Å². The van der Waals surface area contributed by atoms with E-state index in [4.69, 9.17) is 19.5 Å². The molecule has 0 bridgehead atoms. The molecule has 0 saturated carbocycles. The van der Waals surface area contributed by atoms with Gasteiger partial charge in [0.15, 0.2) is 5.82 Å². The van der Waals surface area contributed by atoms with Gasteiger partial charge in [-0.15, -0.1) is 0 Å². The molecule has 0 radical (unpaired) electrons. The van der Waals surface area contributed by atoms with Crippen molar-refractivity contribution < 1.29 is 22.7 Å². The first kappa shape index (κ1) is 26.7. The lowest BCUT2D eigenvalue weighted by Crippen LogP contribution is -1.99. The van der Waals surface area contributed by atoms with Gasteiger partial charge in [0, 0.05) is 17.0 Å². The van der Waals surface area contributed by atoms with E-state index in [1.54, 1.807) is 33.1 Å². The van der Waals surface area contributed by atoms with Gasteiger partial charge in [-0.25, -0.2) is 4.98 Å². The molecule has 194 valence electrons. The van der Waals surface area contributed by atoms with Crippen LogP contribution >= 0.6 is 7.60 Å². The van der Waals surface area contributed by atoms with Crippen molar-refractivity contribution in [1.82, 2.24) is 9.97 Å². The molecule has 0 aliphatic rings. The van der Waals surface area contributed by atoms with Gasteiger partial charge in [-0.2, -0.15) is 4.39 Å². The number of halogens is 1. The second kappa shape index (κ2) is 11.4. The molecule has 0 aliphatic carbocycles. The molecule has 4 rings (SSSR count). The number of pyridine rings is 2. The van der Waals surface area contributed by atoms with Crippen molar-refractivity contribution in [3.05, 3.63) is 76.5 Å². The highest BCUT2D eigenvalue weighted by molar-refractivity contribution is 7.58. The number of nitrogens with zero attached hydrogens (tertiary/aromatic N) is 2. The maximum Gasteiger partial charge on any atom is 0.389 e. The van der Waals surface area contributed by atoms with Crippen LogP contribution in [0.1, 0.15) is 36.1 Å². The zero-order chi connectivity index (χ0) is 26.6. The van der Waals surface area contributed by atoms with Crippen molar-refractivity contribution in [2.24, 2.45) is 0 Å². The number of rotatable bonds is 10. The summed E-state index contributed by atoms with van der Waals surface area (Å²) in [4.78, 5) is 9.07. The van der Waals surface area contributed by atoms with Crippen molar-refractivity contribution in [2.75, 3.05) is 26.1 Å². The lowest BCUT2D eigenvalue weighted by atomic mass is 9.99. The van der Waals surface area contributed by atoms with Gasteiger partial charge in [-0.3, -0.25) is 9.55 Å². The van der Waals surface area contributed by atoms with E-state index < -0.39 is 13.2 Å². The second-order valence-electron chi connectivity index (χ2n) is 8.61. The molecule has 37 heavy (non-hydrogen) atoms. The molecule has 0 fully saturated rings. The number of nitrogens with two attached hydrogens (primary N) is 1. The van der Waals surface area contributed by atoms with Crippen molar-refractivity contribution in [3.8, 4) is 5.75 Å². The zero-order valence-corrected chi connectivity index (χ0v) is 22.3. The van der Waals surface area contributed by atoms with Crippen LogP contribution in [-0.2, 0) is 26.5 Å². The number of fused-ring (bicyclic) bond motifs is 3. The number of anilines is 1. The lowest BCUT2D eigenvalue weighted by Gasteiger charge is -2.15. The number of nitrogen functional groups attached to an aromatic ring is 1. The Morgan fingerprint density at radius 3 is 2.49 bits per heavy atom. The van der Waals surface area contributed by atoms with Crippen molar-refractivity contribution in [2.45, 2.75) is 33.6 Å². The van der Waals surface area contributed by atoms with E-state index in [0.717, 1.165) is 41.0 Å². The smallest absolute Gasteiger partial charge is 0.389 e. The Balaban J connectivity index is 1.67. The first-order valence-electron chi connectivity index (χ1n) is 12.2. The minimum atomic E-state index is -4.00. The van der Waals surface area contributed by atoms with Gasteiger partial charge in [-0.05, 0) is 86.2 Å². The Labute approximate surface area is 216 Å². The number of hydrogen-bond donors (Lipinski definition) is 1. The van der Waals surface area contributed by atoms with Gasteiger partial charge in [0.05, 0.1) is 25.8 Å². The lowest BCUT2D eigenvalue weighted by molar-refractivity contribution is 0.220. The fraction of sp³-hybridized carbons (Fsp3) is 0.286.